The van der Waals surface area contributed by atoms with Crippen LogP contribution in [0.15, 0.2) is 0 Å². The van der Waals surface area contributed by atoms with Crippen molar-refractivity contribution in [3.8, 4) is 0 Å². The van der Waals surface area contributed by atoms with Gasteiger partial charge in [0.25, 0.3) is 0 Å². The second-order valence-corrected chi connectivity index (χ2v) is 6.49. The molecule has 17 heavy (non-hydrogen) atoms. The molecular formula is C12H19N3S2. The Morgan fingerprint density at radius 2 is 2.18 bits per heavy atom. The van der Waals surface area contributed by atoms with Gasteiger partial charge in [-0.15, -0.1) is 11.8 Å². The maximum atomic E-state index is 4.69. The summed E-state index contributed by atoms with van der Waals surface area (Å²) in [6.45, 7) is 4.24. The van der Waals surface area contributed by atoms with E-state index in [2.05, 4.69) is 19.2 Å². The highest BCUT2D eigenvalue weighted by Gasteiger charge is 2.21. The zero-order valence-electron chi connectivity index (χ0n) is 10.6. The number of rotatable bonds is 3. The van der Waals surface area contributed by atoms with Crippen molar-refractivity contribution in [2.24, 2.45) is 0 Å². The van der Waals surface area contributed by atoms with Gasteiger partial charge in [-0.05, 0) is 13.3 Å². The quantitative estimate of drug-likeness (QED) is 0.913. The molecule has 5 heteroatoms. The first-order chi connectivity index (χ1) is 8.26. The largest absolute Gasteiger partial charge is 0.373 e. The lowest BCUT2D eigenvalue weighted by atomic mass is 10.1. The normalized spacial score (nSPS) is 20.3. The maximum absolute atomic E-state index is 4.69. The topological polar surface area (TPSA) is 37.8 Å². The van der Waals surface area contributed by atoms with Crippen molar-refractivity contribution in [3.63, 3.8) is 0 Å². The third-order valence-corrected chi connectivity index (χ3v) is 5.68. The van der Waals surface area contributed by atoms with Gasteiger partial charge in [0.15, 0.2) is 0 Å². The predicted molar refractivity (Wildman–Crippen MR) is 78.2 cm³/mol. The fraction of sp³-hybridized carbons (Fsp3) is 0.667. The van der Waals surface area contributed by atoms with Crippen LogP contribution in [0.2, 0.25) is 0 Å². The van der Waals surface area contributed by atoms with E-state index in [0.29, 0.717) is 5.25 Å². The molecule has 1 unspecified atom stereocenters. The van der Waals surface area contributed by atoms with Crippen molar-refractivity contribution in [2.75, 3.05) is 29.6 Å². The smallest absolute Gasteiger partial charge is 0.144 e. The number of aryl methyl sites for hydroxylation is 1. The van der Waals surface area contributed by atoms with Crippen LogP contribution < -0.4 is 5.32 Å². The summed E-state index contributed by atoms with van der Waals surface area (Å²) in [6.07, 6.45) is 0.981. The summed E-state index contributed by atoms with van der Waals surface area (Å²) in [5.41, 5.74) is 2.36. The van der Waals surface area contributed by atoms with Gasteiger partial charge >= 0.3 is 0 Å². The Hall–Kier alpha value is -0.420. The van der Waals surface area contributed by atoms with E-state index in [1.807, 2.05) is 30.6 Å². The summed E-state index contributed by atoms with van der Waals surface area (Å²) in [7, 11) is 1.94. The predicted octanol–water partition coefficient (Wildman–Crippen LogP) is 2.91. The van der Waals surface area contributed by atoms with Crippen LogP contribution in [0.5, 0.6) is 0 Å². The van der Waals surface area contributed by atoms with Crippen LogP contribution in [0.1, 0.15) is 29.3 Å². The van der Waals surface area contributed by atoms with Gasteiger partial charge in [0.05, 0.1) is 5.25 Å². The van der Waals surface area contributed by atoms with Crippen molar-refractivity contribution >= 4 is 29.3 Å². The van der Waals surface area contributed by atoms with Crippen molar-refractivity contribution in [1.82, 2.24) is 9.97 Å². The highest BCUT2D eigenvalue weighted by atomic mass is 32.2. The Morgan fingerprint density at radius 1 is 1.35 bits per heavy atom. The SMILES string of the molecule is CCc1c(C)nc(C2CSCCS2)nc1NC. The molecule has 0 spiro atoms. The molecule has 3 nitrogen and oxygen atoms in total. The standard InChI is InChI=1S/C12H19N3S2/c1-4-9-8(2)14-12(15-11(9)13-3)10-7-16-5-6-17-10/h10H,4-7H2,1-3H3,(H,13,14,15). The Bertz CT molecular complexity index is 390. The fourth-order valence-corrected chi connectivity index (χ4v) is 4.63. The maximum Gasteiger partial charge on any atom is 0.144 e. The highest BCUT2D eigenvalue weighted by Crippen LogP contribution is 2.35. The Kier molecular flexibility index (Phi) is 4.56. The van der Waals surface area contributed by atoms with E-state index >= 15 is 0 Å². The zero-order chi connectivity index (χ0) is 12.3. The number of hydrogen-bond donors (Lipinski definition) is 1. The molecule has 0 aromatic carbocycles. The van der Waals surface area contributed by atoms with Gasteiger partial charge in [-0.2, -0.15) is 11.8 Å². The molecule has 1 fully saturated rings. The molecule has 0 radical (unpaired) electrons. The molecule has 1 atom stereocenters. The van der Waals surface area contributed by atoms with Crippen molar-refractivity contribution in [1.29, 1.82) is 0 Å². The third kappa shape index (κ3) is 2.88. The van der Waals surface area contributed by atoms with E-state index in [1.54, 1.807) is 0 Å². The summed E-state index contributed by atoms with van der Waals surface area (Å²) in [4.78, 5) is 9.38. The molecular weight excluding hydrogens is 250 g/mol. The highest BCUT2D eigenvalue weighted by molar-refractivity contribution is 8.06. The van der Waals surface area contributed by atoms with Gasteiger partial charge in [-0.3, -0.25) is 0 Å². The van der Waals surface area contributed by atoms with Crippen LogP contribution in [0.3, 0.4) is 0 Å². The lowest BCUT2D eigenvalue weighted by molar-refractivity contribution is 0.879. The molecule has 1 N–H and O–H groups in total. The lowest BCUT2D eigenvalue weighted by Gasteiger charge is -2.21. The second kappa shape index (κ2) is 5.96. The Labute approximate surface area is 112 Å². The second-order valence-electron chi connectivity index (χ2n) is 4.03. The first-order valence-corrected chi connectivity index (χ1v) is 8.21. The third-order valence-electron chi connectivity index (χ3n) is 2.93. The first kappa shape index (κ1) is 13.0. The van der Waals surface area contributed by atoms with Gasteiger partial charge in [-0.25, -0.2) is 9.97 Å². The molecule has 0 bridgehead atoms. The van der Waals surface area contributed by atoms with Crippen molar-refractivity contribution in [3.05, 3.63) is 17.1 Å². The van der Waals surface area contributed by atoms with Gasteiger partial charge in [0.1, 0.15) is 11.6 Å². The molecule has 0 aliphatic carbocycles. The Balaban J connectivity index is 2.31. The van der Waals surface area contributed by atoms with Crippen LogP contribution in [0.4, 0.5) is 5.82 Å². The minimum absolute atomic E-state index is 0.463. The number of thioether (sulfide) groups is 2. The van der Waals surface area contributed by atoms with E-state index < -0.39 is 0 Å². The molecule has 1 aliphatic heterocycles. The molecule has 2 rings (SSSR count). The summed E-state index contributed by atoms with van der Waals surface area (Å²) in [6, 6.07) is 0. The van der Waals surface area contributed by atoms with Gasteiger partial charge < -0.3 is 5.32 Å². The van der Waals surface area contributed by atoms with E-state index in [1.165, 1.54) is 17.1 Å². The molecule has 1 aliphatic rings. The van der Waals surface area contributed by atoms with E-state index in [9.17, 15) is 0 Å². The van der Waals surface area contributed by atoms with Crippen molar-refractivity contribution in [2.45, 2.75) is 25.5 Å². The van der Waals surface area contributed by atoms with Crippen LogP contribution >= 0.6 is 23.5 Å². The van der Waals surface area contributed by atoms with E-state index in [4.69, 9.17) is 9.97 Å². The molecule has 0 amide bonds. The van der Waals surface area contributed by atoms with Crippen LogP contribution in [0, 0.1) is 6.92 Å². The molecule has 0 saturated carbocycles. The summed E-state index contributed by atoms with van der Waals surface area (Å²) < 4.78 is 0. The average molecular weight is 269 g/mol. The molecule has 1 saturated heterocycles. The average Bonchev–Trinajstić information content (AvgIpc) is 2.38. The van der Waals surface area contributed by atoms with E-state index in [0.717, 1.165) is 29.5 Å². The number of nitrogens with one attached hydrogen (secondary N) is 1. The molecule has 1 aromatic rings. The molecule has 94 valence electrons. The summed E-state index contributed by atoms with van der Waals surface area (Å²) in [5, 5.41) is 3.66. The number of anilines is 1. The fourth-order valence-electron chi connectivity index (χ4n) is 2.03. The molecule has 2 heterocycles. The van der Waals surface area contributed by atoms with Crippen molar-refractivity contribution < 1.29 is 0 Å². The number of nitrogens with zero attached hydrogens (tertiary/aromatic N) is 2. The van der Waals surface area contributed by atoms with Crippen LogP contribution in [-0.2, 0) is 6.42 Å². The zero-order valence-corrected chi connectivity index (χ0v) is 12.2. The molecule has 1 aromatic heterocycles. The first-order valence-electron chi connectivity index (χ1n) is 6.00. The number of aromatic nitrogens is 2. The van der Waals surface area contributed by atoms with Crippen LogP contribution in [-0.4, -0.2) is 34.3 Å². The minimum Gasteiger partial charge on any atom is -0.373 e. The van der Waals surface area contributed by atoms with E-state index in [-0.39, 0.29) is 0 Å². The van der Waals surface area contributed by atoms with Gasteiger partial charge in [0.2, 0.25) is 0 Å². The lowest BCUT2D eigenvalue weighted by Crippen LogP contribution is -2.13. The minimum atomic E-state index is 0.463. The Morgan fingerprint density at radius 3 is 2.76 bits per heavy atom. The monoisotopic (exact) mass is 269 g/mol. The number of hydrogen-bond acceptors (Lipinski definition) is 5. The summed E-state index contributed by atoms with van der Waals surface area (Å²) in [5.74, 6) is 5.61. The summed E-state index contributed by atoms with van der Waals surface area (Å²) >= 11 is 3.99. The van der Waals surface area contributed by atoms with Gasteiger partial charge in [-0.1, -0.05) is 6.92 Å². The van der Waals surface area contributed by atoms with Gasteiger partial charge in [0, 0.05) is 35.6 Å². The van der Waals surface area contributed by atoms with Crippen LogP contribution in [0.25, 0.3) is 0 Å².